The number of aryl methyl sites for hydroxylation is 1. The van der Waals surface area contributed by atoms with Gasteiger partial charge < -0.3 is 5.32 Å². The maximum Gasteiger partial charge on any atom is 0.347 e. The summed E-state index contributed by atoms with van der Waals surface area (Å²) in [5, 5.41) is 3.43. The van der Waals surface area contributed by atoms with Gasteiger partial charge in [0.05, 0.1) is 6.04 Å². The molecule has 0 fully saturated rings. The van der Waals surface area contributed by atoms with Crippen molar-refractivity contribution in [2.24, 2.45) is 0 Å². The van der Waals surface area contributed by atoms with Crippen molar-refractivity contribution in [3.63, 3.8) is 0 Å². The summed E-state index contributed by atoms with van der Waals surface area (Å²) in [6.45, 7) is 5.60. The highest BCUT2D eigenvalue weighted by molar-refractivity contribution is 5.28. The molecule has 100 valence electrons. The molecule has 0 saturated carbocycles. The zero-order chi connectivity index (χ0) is 13.7. The molecular weight excluding hydrogens is 238 g/mol. The molecule has 4 nitrogen and oxygen atoms in total. The van der Waals surface area contributed by atoms with Crippen molar-refractivity contribution in [1.29, 1.82) is 0 Å². The lowest BCUT2D eigenvalue weighted by Crippen LogP contribution is -2.31. The second-order valence-corrected chi connectivity index (χ2v) is 4.52. The van der Waals surface area contributed by atoms with Crippen LogP contribution in [-0.4, -0.2) is 16.1 Å². The SMILES string of the molecule is CCNC(Cn1cccnc1=O)c1ccccc1C. The molecule has 2 rings (SSSR count). The second kappa shape index (κ2) is 6.29. The van der Waals surface area contributed by atoms with Gasteiger partial charge >= 0.3 is 5.69 Å². The number of benzene rings is 1. The third kappa shape index (κ3) is 3.29. The molecule has 0 spiro atoms. The zero-order valence-electron chi connectivity index (χ0n) is 11.3. The lowest BCUT2D eigenvalue weighted by atomic mass is 10.0. The van der Waals surface area contributed by atoms with Gasteiger partial charge in [0.2, 0.25) is 0 Å². The molecule has 4 heteroatoms. The maximum absolute atomic E-state index is 11.7. The van der Waals surface area contributed by atoms with Crippen LogP contribution in [0.3, 0.4) is 0 Å². The molecule has 1 aromatic carbocycles. The first-order valence-corrected chi connectivity index (χ1v) is 6.52. The van der Waals surface area contributed by atoms with Gasteiger partial charge in [0.15, 0.2) is 0 Å². The van der Waals surface area contributed by atoms with Gasteiger partial charge in [-0.3, -0.25) is 4.57 Å². The van der Waals surface area contributed by atoms with Crippen molar-refractivity contribution in [2.75, 3.05) is 6.54 Å². The van der Waals surface area contributed by atoms with Gasteiger partial charge in [-0.2, -0.15) is 0 Å². The Labute approximate surface area is 113 Å². The quantitative estimate of drug-likeness (QED) is 0.890. The second-order valence-electron chi connectivity index (χ2n) is 4.52. The van der Waals surface area contributed by atoms with Crippen LogP contribution in [0.25, 0.3) is 0 Å². The average Bonchev–Trinajstić information content (AvgIpc) is 2.41. The van der Waals surface area contributed by atoms with Crippen LogP contribution in [-0.2, 0) is 6.54 Å². The van der Waals surface area contributed by atoms with Crippen molar-refractivity contribution in [2.45, 2.75) is 26.4 Å². The van der Waals surface area contributed by atoms with Crippen LogP contribution in [0.1, 0.15) is 24.1 Å². The first kappa shape index (κ1) is 13.5. The molecule has 0 amide bonds. The number of aromatic nitrogens is 2. The summed E-state index contributed by atoms with van der Waals surface area (Å²) in [6, 6.07) is 10.1. The van der Waals surface area contributed by atoms with E-state index in [1.807, 2.05) is 12.1 Å². The Balaban J connectivity index is 2.29. The van der Waals surface area contributed by atoms with Gasteiger partial charge in [0.1, 0.15) is 0 Å². The standard InChI is InChI=1S/C15H19N3O/c1-3-16-14(13-8-5-4-7-12(13)2)11-18-10-6-9-17-15(18)19/h4-10,14,16H,3,11H2,1-2H3. The molecule has 0 aliphatic carbocycles. The van der Waals surface area contributed by atoms with Gasteiger partial charge in [0, 0.05) is 18.9 Å². The van der Waals surface area contributed by atoms with Gasteiger partial charge in [-0.15, -0.1) is 0 Å². The van der Waals surface area contributed by atoms with Crippen molar-refractivity contribution in [3.05, 3.63) is 64.3 Å². The normalized spacial score (nSPS) is 12.3. The van der Waals surface area contributed by atoms with Crippen LogP contribution in [0.15, 0.2) is 47.5 Å². The number of nitrogens with zero attached hydrogens (tertiary/aromatic N) is 2. The lowest BCUT2D eigenvalue weighted by molar-refractivity contribution is 0.460. The molecule has 1 heterocycles. The minimum atomic E-state index is -0.209. The molecule has 1 atom stereocenters. The molecule has 0 aliphatic heterocycles. The van der Waals surface area contributed by atoms with E-state index in [-0.39, 0.29) is 11.7 Å². The summed E-state index contributed by atoms with van der Waals surface area (Å²) in [6.07, 6.45) is 3.30. The van der Waals surface area contributed by atoms with E-state index in [0.717, 1.165) is 6.54 Å². The van der Waals surface area contributed by atoms with Crippen LogP contribution in [0.5, 0.6) is 0 Å². The number of rotatable bonds is 5. The minimum Gasteiger partial charge on any atom is -0.309 e. The summed E-state index contributed by atoms with van der Waals surface area (Å²) in [7, 11) is 0. The molecule has 0 aliphatic rings. The third-order valence-electron chi connectivity index (χ3n) is 3.18. The Bertz CT molecular complexity index is 592. The number of hydrogen-bond donors (Lipinski definition) is 1. The largest absolute Gasteiger partial charge is 0.347 e. The Morgan fingerprint density at radius 2 is 2.11 bits per heavy atom. The van der Waals surface area contributed by atoms with Crippen LogP contribution in [0.2, 0.25) is 0 Å². The highest BCUT2D eigenvalue weighted by atomic mass is 16.1. The lowest BCUT2D eigenvalue weighted by Gasteiger charge is -2.21. The summed E-state index contributed by atoms with van der Waals surface area (Å²) < 4.78 is 1.64. The van der Waals surface area contributed by atoms with E-state index in [9.17, 15) is 4.79 Å². The fraction of sp³-hybridized carbons (Fsp3) is 0.333. The van der Waals surface area contributed by atoms with Gasteiger partial charge in [0.25, 0.3) is 0 Å². The molecule has 0 saturated heterocycles. The molecule has 1 aromatic heterocycles. The first-order chi connectivity index (χ1) is 9.22. The van der Waals surface area contributed by atoms with Gasteiger partial charge in [-0.05, 0) is 30.7 Å². The van der Waals surface area contributed by atoms with Gasteiger partial charge in [-0.25, -0.2) is 9.78 Å². The van der Waals surface area contributed by atoms with E-state index < -0.39 is 0 Å². The predicted octanol–water partition coefficient (Wildman–Crippen LogP) is 1.90. The predicted molar refractivity (Wildman–Crippen MR) is 76.1 cm³/mol. The highest BCUT2D eigenvalue weighted by Gasteiger charge is 2.13. The Hall–Kier alpha value is -1.94. The topological polar surface area (TPSA) is 46.9 Å². The summed E-state index contributed by atoms with van der Waals surface area (Å²) in [4.78, 5) is 15.5. The minimum absolute atomic E-state index is 0.119. The first-order valence-electron chi connectivity index (χ1n) is 6.52. The highest BCUT2D eigenvalue weighted by Crippen LogP contribution is 2.18. The van der Waals surface area contributed by atoms with Gasteiger partial charge in [-0.1, -0.05) is 31.2 Å². The third-order valence-corrected chi connectivity index (χ3v) is 3.18. The van der Waals surface area contributed by atoms with E-state index in [1.54, 1.807) is 16.8 Å². The van der Waals surface area contributed by atoms with E-state index in [2.05, 4.69) is 36.3 Å². The molecule has 1 N–H and O–H groups in total. The van der Waals surface area contributed by atoms with Crippen molar-refractivity contribution >= 4 is 0 Å². The van der Waals surface area contributed by atoms with Crippen molar-refractivity contribution in [1.82, 2.24) is 14.9 Å². The average molecular weight is 257 g/mol. The smallest absolute Gasteiger partial charge is 0.309 e. The van der Waals surface area contributed by atoms with Crippen LogP contribution >= 0.6 is 0 Å². The maximum atomic E-state index is 11.7. The number of likely N-dealkylation sites (N-methyl/N-ethyl adjacent to an activating group) is 1. The number of hydrogen-bond acceptors (Lipinski definition) is 3. The van der Waals surface area contributed by atoms with E-state index >= 15 is 0 Å². The van der Waals surface area contributed by atoms with Crippen molar-refractivity contribution in [3.8, 4) is 0 Å². The molecule has 1 unspecified atom stereocenters. The van der Waals surface area contributed by atoms with Crippen LogP contribution in [0, 0.1) is 6.92 Å². The van der Waals surface area contributed by atoms with E-state index in [1.165, 1.54) is 17.3 Å². The summed E-state index contributed by atoms with van der Waals surface area (Å²) in [5.74, 6) is 0. The Kier molecular flexibility index (Phi) is 4.47. The Morgan fingerprint density at radius 1 is 1.32 bits per heavy atom. The van der Waals surface area contributed by atoms with Crippen molar-refractivity contribution < 1.29 is 0 Å². The molecule has 2 aromatic rings. The van der Waals surface area contributed by atoms with E-state index in [0.29, 0.717) is 6.54 Å². The summed E-state index contributed by atoms with van der Waals surface area (Å²) in [5.41, 5.74) is 2.24. The molecule has 0 bridgehead atoms. The fourth-order valence-corrected chi connectivity index (χ4v) is 2.22. The Morgan fingerprint density at radius 3 is 2.79 bits per heavy atom. The molecular formula is C15H19N3O. The van der Waals surface area contributed by atoms with Crippen LogP contribution < -0.4 is 11.0 Å². The zero-order valence-corrected chi connectivity index (χ0v) is 11.3. The van der Waals surface area contributed by atoms with Crippen LogP contribution in [0.4, 0.5) is 0 Å². The summed E-state index contributed by atoms with van der Waals surface area (Å²) >= 11 is 0. The molecule has 19 heavy (non-hydrogen) atoms. The van der Waals surface area contributed by atoms with E-state index in [4.69, 9.17) is 0 Å². The monoisotopic (exact) mass is 257 g/mol. The fourth-order valence-electron chi connectivity index (χ4n) is 2.22. The number of nitrogens with one attached hydrogen (secondary N) is 1. The molecule has 0 radical (unpaired) electrons.